The normalized spacial score (nSPS) is 18.6. The van der Waals surface area contributed by atoms with E-state index in [0.717, 1.165) is 31.9 Å². The average molecular weight is 295 g/mol. The first-order valence-electron chi connectivity index (χ1n) is 7.48. The highest BCUT2D eigenvalue weighted by molar-refractivity contribution is 5.99. The molecule has 2 rings (SSSR count). The van der Waals surface area contributed by atoms with Gasteiger partial charge in [0.1, 0.15) is 11.6 Å². The summed E-state index contributed by atoms with van der Waals surface area (Å²) in [4.78, 5) is 18.3. The largest absolute Gasteiger partial charge is 0.394 e. The van der Waals surface area contributed by atoms with Crippen LogP contribution in [-0.2, 0) is 0 Å². The Morgan fingerprint density at radius 2 is 2.38 bits per heavy atom. The highest BCUT2D eigenvalue weighted by Gasteiger charge is 2.28. The van der Waals surface area contributed by atoms with Gasteiger partial charge in [-0.1, -0.05) is 6.92 Å². The minimum Gasteiger partial charge on any atom is -0.394 e. The van der Waals surface area contributed by atoms with Crippen LogP contribution in [0.3, 0.4) is 0 Å². The fourth-order valence-corrected chi connectivity index (χ4v) is 2.60. The number of pyridine rings is 1. The highest BCUT2D eigenvalue weighted by Crippen LogP contribution is 2.22. The van der Waals surface area contributed by atoms with E-state index in [-0.39, 0.29) is 24.1 Å². The smallest absolute Gasteiger partial charge is 0.258 e. The molecule has 1 aliphatic rings. The standard InChI is InChI=1S/C15H22FN3O2/c1-2-6-17-14-13(8-11(16)9-18-14)15(21)19-7-4-3-5-12(19)10-20/h8-9,12,20H,2-7,10H2,1H3,(H,17,18). The van der Waals surface area contributed by atoms with Gasteiger partial charge in [-0.3, -0.25) is 4.79 Å². The summed E-state index contributed by atoms with van der Waals surface area (Å²) in [5, 5.41) is 12.5. The first kappa shape index (κ1) is 15.7. The van der Waals surface area contributed by atoms with E-state index in [9.17, 15) is 14.3 Å². The SMILES string of the molecule is CCCNc1ncc(F)cc1C(=O)N1CCCCC1CO. The van der Waals surface area contributed by atoms with E-state index in [2.05, 4.69) is 10.3 Å². The van der Waals surface area contributed by atoms with Crippen LogP contribution in [0.2, 0.25) is 0 Å². The fraction of sp³-hybridized carbons (Fsp3) is 0.600. The summed E-state index contributed by atoms with van der Waals surface area (Å²) in [5.41, 5.74) is 0.240. The second kappa shape index (κ2) is 7.36. The van der Waals surface area contributed by atoms with Crippen LogP contribution in [0.1, 0.15) is 43.0 Å². The zero-order valence-corrected chi connectivity index (χ0v) is 12.3. The molecule has 1 aromatic rings. The molecule has 2 heterocycles. The Kier molecular flexibility index (Phi) is 5.50. The number of nitrogens with zero attached hydrogens (tertiary/aromatic N) is 2. The zero-order chi connectivity index (χ0) is 15.2. The first-order valence-corrected chi connectivity index (χ1v) is 7.48. The monoisotopic (exact) mass is 295 g/mol. The predicted octanol–water partition coefficient (Wildman–Crippen LogP) is 2.03. The molecule has 1 saturated heterocycles. The third kappa shape index (κ3) is 3.69. The number of carbonyl (C=O) groups excluding carboxylic acids is 1. The van der Waals surface area contributed by atoms with Gasteiger partial charge >= 0.3 is 0 Å². The Morgan fingerprint density at radius 1 is 1.57 bits per heavy atom. The predicted molar refractivity (Wildman–Crippen MR) is 78.7 cm³/mol. The summed E-state index contributed by atoms with van der Waals surface area (Å²) >= 11 is 0. The van der Waals surface area contributed by atoms with E-state index in [1.165, 1.54) is 6.07 Å². The van der Waals surface area contributed by atoms with Crippen molar-refractivity contribution < 1.29 is 14.3 Å². The quantitative estimate of drug-likeness (QED) is 0.872. The van der Waals surface area contributed by atoms with Gasteiger partial charge < -0.3 is 15.3 Å². The molecule has 1 aliphatic heterocycles. The lowest BCUT2D eigenvalue weighted by Crippen LogP contribution is -2.45. The van der Waals surface area contributed by atoms with Gasteiger partial charge in [0.15, 0.2) is 0 Å². The molecule has 6 heteroatoms. The van der Waals surface area contributed by atoms with E-state index in [4.69, 9.17) is 0 Å². The van der Waals surface area contributed by atoms with Crippen LogP contribution >= 0.6 is 0 Å². The van der Waals surface area contributed by atoms with E-state index < -0.39 is 5.82 Å². The summed E-state index contributed by atoms with van der Waals surface area (Å²) in [5.74, 6) is -0.386. The second-order valence-corrected chi connectivity index (χ2v) is 5.31. The molecule has 1 fully saturated rings. The van der Waals surface area contributed by atoms with E-state index in [0.29, 0.717) is 18.9 Å². The number of likely N-dealkylation sites (tertiary alicyclic amines) is 1. The minimum atomic E-state index is -0.530. The number of carbonyl (C=O) groups is 1. The summed E-state index contributed by atoms with van der Waals surface area (Å²) < 4.78 is 13.5. The Labute approximate surface area is 124 Å². The van der Waals surface area contributed by atoms with Crippen LogP contribution in [-0.4, -0.2) is 46.6 Å². The Morgan fingerprint density at radius 3 is 3.10 bits per heavy atom. The number of piperidine rings is 1. The van der Waals surface area contributed by atoms with Gasteiger partial charge in [-0.2, -0.15) is 0 Å². The molecule has 116 valence electrons. The van der Waals surface area contributed by atoms with E-state index >= 15 is 0 Å². The number of hydrogen-bond donors (Lipinski definition) is 2. The van der Waals surface area contributed by atoms with Crippen molar-refractivity contribution in [2.45, 2.75) is 38.6 Å². The Balaban J connectivity index is 2.26. The fourth-order valence-electron chi connectivity index (χ4n) is 2.60. The van der Waals surface area contributed by atoms with Crippen LogP contribution in [0.15, 0.2) is 12.3 Å². The molecule has 5 nitrogen and oxygen atoms in total. The van der Waals surface area contributed by atoms with Crippen molar-refractivity contribution in [2.75, 3.05) is 25.0 Å². The Bertz CT molecular complexity index is 496. The van der Waals surface area contributed by atoms with Crippen molar-refractivity contribution in [1.82, 2.24) is 9.88 Å². The van der Waals surface area contributed by atoms with Gasteiger partial charge in [-0.05, 0) is 31.7 Å². The van der Waals surface area contributed by atoms with Crippen LogP contribution in [0.25, 0.3) is 0 Å². The first-order chi connectivity index (χ1) is 10.2. The topological polar surface area (TPSA) is 65.5 Å². The van der Waals surface area contributed by atoms with Crippen LogP contribution in [0.4, 0.5) is 10.2 Å². The maximum atomic E-state index is 13.5. The molecule has 1 atom stereocenters. The molecule has 2 N–H and O–H groups in total. The van der Waals surface area contributed by atoms with Crippen molar-refractivity contribution in [3.05, 3.63) is 23.6 Å². The number of amides is 1. The number of rotatable bonds is 5. The molecule has 0 aromatic carbocycles. The molecule has 21 heavy (non-hydrogen) atoms. The molecule has 0 bridgehead atoms. The number of halogens is 1. The van der Waals surface area contributed by atoms with E-state index in [1.807, 2.05) is 6.92 Å². The number of hydrogen-bond acceptors (Lipinski definition) is 4. The number of nitrogens with one attached hydrogen (secondary N) is 1. The minimum absolute atomic E-state index is 0.0633. The summed E-state index contributed by atoms with van der Waals surface area (Å²) in [6, 6.07) is 1.03. The van der Waals surface area contributed by atoms with Crippen molar-refractivity contribution in [3.8, 4) is 0 Å². The maximum absolute atomic E-state index is 13.5. The summed E-state index contributed by atoms with van der Waals surface area (Å²) in [7, 11) is 0. The molecule has 0 aliphatic carbocycles. The molecule has 1 amide bonds. The van der Waals surface area contributed by atoms with Gasteiger partial charge in [0.25, 0.3) is 5.91 Å². The summed E-state index contributed by atoms with van der Waals surface area (Å²) in [6.45, 7) is 3.20. The average Bonchev–Trinajstić information content (AvgIpc) is 2.53. The van der Waals surface area contributed by atoms with Gasteiger partial charge in [-0.25, -0.2) is 9.37 Å². The zero-order valence-electron chi connectivity index (χ0n) is 12.3. The van der Waals surface area contributed by atoms with Crippen LogP contribution in [0, 0.1) is 5.82 Å². The van der Waals surface area contributed by atoms with Gasteiger partial charge in [0.05, 0.1) is 24.4 Å². The summed E-state index contributed by atoms with van der Waals surface area (Å²) in [6.07, 6.45) is 4.67. The van der Waals surface area contributed by atoms with Gasteiger partial charge in [-0.15, -0.1) is 0 Å². The lowest BCUT2D eigenvalue weighted by Gasteiger charge is -2.35. The molecular weight excluding hydrogens is 273 g/mol. The molecule has 1 unspecified atom stereocenters. The Hall–Kier alpha value is -1.69. The van der Waals surface area contributed by atoms with Crippen molar-refractivity contribution in [3.63, 3.8) is 0 Å². The lowest BCUT2D eigenvalue weighted by molar-refractivity contribution is 0.0503. The van der Waals surface area contributed by atoms with Gasteiger partial charge in [0.2, 0.25) is 0 Å². The van der Waals surface area contributed by atoms with Gasteiger partial charge in [0, 0.05) is 13.1 Å². The molecule has 1 aromatic heterocycles. The second-order valence-electron chi connectivity index (χ2n) is 5.31. The van der Waals surface area contributed by atoms with Crippen molar-refractivity contribution >= 4 is 11.7 Å². The van der Waals surface area contributed by atoms with Crippen molar-refractivity contribution in [2.24, 2.45) is 0 Å². The molecule has 0 radical (unpaired) electrons. The van der Waals surface area contributed by atoms with E-state index in [1.54, 1.807) is 4.90 Å². The number of aromatic nitrogens is 1. The number of aliphatic hydroxyl groups is 1. The molecule has 0 saturated carbocycles. The molecular formula is C15H22FN3O2. The third-order valence-electron chi connectivity index (χ3n) is 3.73. The lowest BCUT2D eigenvalue weighted by atomic mass is 10.0. The number of aliphatic hydroxyl groups excluding tert-OH is 1. The maximum Gasteiger partial charge on any atom is 0.258 e. The van der Waals surface area contributed by atoms with Crippen molar-refractivity contribution in [1.29, 1.82) is 0 Å². The number of anilines is 1. The van der Waals surface area contributed by atoms with Crippen LogP contribution in [0.5, 0.6) is 0 Å². The van der Waals surface area contributed by atoms with Crippen LogP contribution < -0.4 is 5.32 Å². The highest BCUT2D eigenvalue weighted by atomic mass is 19.1. The third-order valence-corrected chi connectivity index (χ3v) is 3.73. The molecule has 0 spiro atoms.